The number of aliphatic imine (C=N–C) groups is 1. The number of halogens is 1. The van der Waals surface area contributed by atoms with Crippen molar-refractivity contribution in [2.75, 3.05) is 30.6 Å². The minimum Gasteiger partial charge on any atom is -0.355 e. The Morgan fingerprint density at radius 2 is 2.14 bits per heavy atom. The number of guanidine groups is 1. The number of nitrogens with zero attached hydrogens (tertiary/aromatic N) is 1. The fourth-order valence-corrected chi connectivity index (χ4v) is 2.54. The molecule has 0 aliphatic rings. The molecule has 1 aromatic carbocycles. The van der Waals surface area contributed by atoms with E-state index in [1.807, 2.05) is 0 Å². The molecule has 122 valence electrons. The van der Waals surface area contributed by atoms with E-state index >= 15 is 0 Å². The number of nitrogens with one attached hydrogen (secondary N) is 3. The lowest BCUT2D eigenvalue weighted by Gasteiger charge is -2.12. The highest BCUT2D eigenvalue weighted by atomic mass is 32.2. The molecule has 22 heavy (non-hydrogen) atoms. The number of benzene rings is 1. The van der Waals surface area contributed by atoms with Gasteiger partial charge in [-0.15, -0.1) is 6.58 Å². The van der Waals surface area contributed by atoms with E-state index in [9.17, 15) is 12.8 Å². The molecule has 1 rings (SSSR count). The summed E-state index contributed by atoms with van der Waals surface area (Å²) in [6.07, 6.45) is 1.66. The van der Waals surface area contributed by atoms with Gasteiger partial charge in [-0.1, -0.05) is 12.1 Å². The van der Waals surface area contributed by atoms with Crippen molar-refractivity contribution in [2.45, 2.75) is 6.92 Å². The average molecular weight is 328 g/mol. The Labute approximate surface area is 130 Å². The molecule has 0 bridgehead atoms. The van der Waals surface area contributed by atoms with Crippen LogP contribution >= 0.6 is 0 Å². The van der Waals surface area contributed by atoms with Crippen LogP contribution in [0.1, 0.15) is 5.56 Å². The van der Waals surface area contributed by atoms with E-state index in [0.717, 1.165) is 6.07 Å². The molecular weight excluding hydrogens is 307 g/mol. The molecule has 0 aliphatic carbocycles. The van der Waals surface area contributed by atoms with Gasteiger partial charge in [0.05, 0.1) is 11.4 Å². The van der Waals surface area contributed by atoms with E-state index in [4.69, 9.17) is 0 Å². The van der Waals surface area contributed by atoms with Crippen LogP contribution in [-0.4, -0.2) is 40.3 Å². The molecule has 0 aromatic heterocycles. The van der Waals surface area contributed by atoms with E-state index in [0.29, 0.717) is 18.1 Å². The van der Waals surface area contributed by atoms with Gasteiger partial charge in [0.1, 0.15) is 5.82 Å². The molecule has 0 fully saturated rings. The summed E-state index contributed by atoms with van der Waals surface area (Å²) in [6, 6.07) is 4.20. The lowest BCUT2D eigenvalue weighted by atomic mass is 10.2. The first-order valence-electron chi connectivity index (χ1n) is 6.70. The van der Waals surface area contributed by atoms with Crippen LogP contribution in [0.25, 0.3) is 0 Å². The van der Waals surface area contributed by atoms with Crippen LogP contribution < -0.4 is 15.4 Å². The van der Waals surface area contributed by atoms with Gasteiger partial charge in [0, 0.05) is 20.1 Å². The quantitative estimate of drug-likeness (QED) is 0.399. The van der Waals surface area contributed by atoms with Crippen molar-refractivity contribution in [3.05, 3.63) is 42.2 Å². The normalized spacial score (nSPS) is 11.9. The highest BCUT2D eigenvalue weighted by Gasteiger charge is 2.11. The number of rotatable bonds is 7. The van der Waals surface area contributed by atoms with Crippen LogP contribution in [0.4, 0.5) is 10.1 Å². The lowest BCUT2D eigenvalue weighted by molar-refractivity contribution is 0.599. The molecule has 0 aliphatic heterocycles. The zero-order valence-electron chi connectivity index (χ0n) is 12.7. The predicted molar refractivity (Wildman–Crippen MR) is 88.1 cm³/mol. The molecule has 3 N–H and O–H groups in total. The minimum absolute atomic E-state index is 0.167. The van der Waals surface area contributed by atoms with Crippen molar-refractivity contribution in [3.63, 3.8) is 0 Å². The van der Waals surface area contributed by atoms with Crippen LogP contribution in [0.2, 0.25) is 0 Å². The zero-order chi connectivity index (χ0) is 16.6. The van der Waals surface area contributed by atoms with Gasteiger partial charge in [-0.3, -0.25) is 9.71 Å². The molecule has 6 nitrogen and oxygen atoms in total. The second kappa shape index (κ2) is 8.38. The van der Waals surface area contributed by atoms with E-state index in [-0.39, 0.29) is 18.0 Å². The molecule has 0 heterocycles. The largest absolute Gasteiger partial charge is 0.355 e. The van der Waals surface area contributed by atoms with Gasteiger partial charge < -0.3 is 10.6 Å². The molecule has 1 aromatic rings. The van der Waals surface area contributed by atoms with Gasteiger partial charge in [0.15, 0.2) is 5.96 Å². The Morgan fingerprint density at radius 1 is 1.41 bits per heavy atom. The summed E-state index contributed by atoms with van der Waals surface area (Å²) in [4.78, 5) is 3.93. The standard InChI is InChI=1S/C14H21FN4O2S/c1-4-7-17-14(16-3)18-8-9-22(20,21)19-12-6-5-11(2)13(15)10-12/h4-6,10,19H,1,7-9H2,2-3H3,(H2,16,17,18). The van der Waals surface area contributed by atoms with Crippen molar-refractivity contribution in [3.8, 4) is 0 Å². The Hall–Kier alpha value is -2.09. The Kier molecular flexibility index (Phi) is 6.84. The molecule has 0 amide bonds. The summed E-state index contributed by atoms with van der Waals surface area (Å²) in [6.45, 7) is 5.86. The summed E-state index contributed by atoms with van der Waals surface area (Å²) in [5.41, 5.74) is 0.666. The average Bonchev–Trinajstić information content (AvgIpc) is 2.46. The molecular formula is C14H21FN4O2S. The van der Waals surface area contributed by atoms with Crippen molar-refractivity contribution in [1.29, 1.82) is 0 Å². The SMILES string of the molecule is C=CCNC(=NC)NCCS(=O)(=O)Nc1ccc(C)c(F)c1. The van der Waals surface area contributed by atoms with Crippen LogP contribution in [-0.2, 0) is 10.0 Å². The third-order valence-corrected chi connectivity index (χ3v) is 4.03. The smallest absolute Gasteiger partial charge is 0.234 e. The summed E-state index contributed by atoms with van der Waals surface area (Å²) < 4.78 is 39.6. The fourth-order valence-electron chi connectivity index (χ4n) is 1.58. The zero-order valence-corrected chi connectivity index (χ0v) is 13.5. The highest BCUT2D eigenvalue weighted by Crippen LogP contribution is 2.14. The van der Waals surface area contributed by atoms with Crippen LogP contribution in [0, 0.1) is 12.7 Å². The molecule has 0 spiro atoms. The molecule has 0 radical (unpaired) electrons. The molecule has 0 saturated heterocycles. The van der Waals surface area contributed by atoms with Crippen molar-refractivity contribution < 1.29 is 12.8 Å². The summed E-state index contributed by atoms with van der Waals surface area (Å²) in [7, 11) is -1.99. The third-order valence-electron chi connectivity index (χ3n) is 2.75. The number of aryl methyl sites for hydroxylation is 1. The van der Waals surface area contributed by atoms with E-state index < -0.39 is 15.8 Å². The maximum absolute atomic E-state index is 13.4. The van der Waals surface area contributed by atoms with Crippen molar-refractivity contribution in [1.82, 2.24) is 10.6 Å². The predicted octanol–water partition coefficient (Wildman–Crippen LogP) is 1.23. The lowest BCUT2D eigenvalue weighted by Crippen LogP contribution is -2.40. The number of hydrogen-bond donors (Lipinski definition) is 3. The summed E-state index contributed by atoms with van der Waals surface area (Å²) in [5, 5.41) is 5.79. The van der Waals surface area contributed by atoms with Crippen molar-refractivity contribution >= 4 is 21.7 Å². The van der Waals surface area contributed by atoms with Gasteiger partial charge in [0.25, 0.3) is 0 Å². The Morgan fingerprint density at radius 3 is 2.73 bits per heavy atom. The Bertz CT molecular complexity index is 644. The summed E-state index contributed by atoms with van der Waals surface area (Å²) >= 11 is 0. The van der Waals surface area contributed by atoms with Crippen LogP contribution in [0.15, 0.2) is 35.8 Å². The van der Waals surface area contributed by atoms with Gasteiger partial charge in [-0.25, -0.2) is 12.8 Å². The van der Waals surface area contributed by atoms with Gasteiger partial charge in [-0.05, 0) is 24.6 Å². The van der Waals surface area contributed by atoms with Crippen molar-refractivity contribution in [2.24, 2.45) is 4.99 Å². The van der Waals surface area contributed by atoms with Gasteiger partial charge in [-0.2, -0.15) is 0 Å². The van der Waals surface area contributed by atoms with E-state index in [1.54, 1.807) is 20.0 Å². The first-order chi connectivity index (χ1) is 10.4. The molecule has 8 heteroatoms. The first-order valence-corrected chi connectivity index (χ1v) is 8.35. The van der Waals surface area contributed by atoms with E-state index in [2.05, 4.69) is 26.9 Å². The van der Waals surface area contributed by atoms with Gasteiger partial charge in [0.2, 0.25) is 10.0 Å². The monoisotopic (exact) mass is 328 g/mol. The van der Waals surface area contributed by atoms with Crippen LogP contribution in [0.5, 0.6) is 0 Å². The van der Waals surface area contributed by atoms with Crippen LogP contribution in [0.3, 0.4) is 0 Å². The van der Waals surface area contributed by atoms with Gasteiger partial charge >= 0.3 is 0 Å². The number of sulfonamides is 1. The third kappa shape index (κ3) is 6.13. The molecule has 0 saturated carbocycles. The maximum atomic E-state index is 13.4. The second-order valence-electron chi connectivity index (χ2n) is 4.55. The van der Waals surface area contributed by atoms with E-state index in [1.165, 1.54) is 12.1 Å². The number of anilines is 1. The minimum atomic E-state index is -3.57. The molecule has 0 atom stereocenters. The topological polar surface area (TPSA) is 82.6 Å². The first kappa shape index (κ1) is 18.0. The number of hydrogen-bond acceptors (Lipinski definition) is 3. The molecule has 0 unspecified atom stereocenters. The highest BCUT2D eigenvalue weighted by molar-refractivity contribution is 7.92. The second-order valence-corrected chi connectivity index (χ2v) is 6.40. The maximum Gasteiger partial charge on any atom is 0.234 e. The fraction of sp³-hybridized carbons (Fsp3) is 0.357. The Balaban J connectivity index is 2.53. The summed E-state index contributed by atoms with van der Waals surface area (Å²) in [5.74, 6) is -0.138.